The van der Waals surface area contributed by atoms with Crippen LogP contribution in [0.4, 0.5) is 4.39 Å². The zero-order chi connectivity index (χ0) is 17.3. The average Bonchev–Trinajstić information content (AvgIpc) is 2.98. The van der Waals surface area contributed by atoms with Crippen molar-refractivity contribution < 1.29 is 9.18 Å². The molecule has 0 radical (unpaired) electrons. The quantitative estimate of drug-likeness (QED) is 0.772. The van der Waals surface area contributed by atoms with Gasteiger partial charge in [-0.1, -0.05) is 19.1 Å². The summed E-state index contributed by atoms with van der Waals surface area (Å²) in [4.78, 5) is 29.2. The molecule has 2 aromatic heterocycles. The molecule has 0 aliphatic carbocycles. The summed E-state index contributed by atoms with van der Waals surface area (Å²) in [5, 5.41) is 2.35. The van der Waals surface area contributed by atoms with Crippen LogP contribution in [-0.2, 0) is 17.8 Å². The Morgan fingerprint density at radius 1 is 1.33 bits per heavy atom. The number of hydrogen-bond donors (Lipinski definition) is 1. The predicted molar refractivity (Wildman–Crippen MR) is 92.5 cm³/mol. The molecule has 0 saturated carbocycles. The standard InChI is InChI=1S/C17H16FN3O2S/c1-2-14-20-16-15(17(23)21(14)8-7-13(19)22)12(9-24-16)10-3-5-11(18)6-4-10/h3-6,9H,2,7-8H2,1H3,(H2,19,22). The van der Waals surface area contributed by atoms with Crippen LogP contribution in [-0.4, -0.2) is 15.5 Å². The van der Waals surface area contributed by atoms with E-state index in [0.29, 0.717) is 22.5 Å². The second kappa shape index (κ2) is 6.52. The van der Waals surface area contributed by atoms with Crippen molar-refractivity contribution in [3.8, 4) is 11.1 Å². The number of benzene rings is 1. The maximum absolute atomic E-state index is 13.1. The summed E-state index contributed by atoms with van der Waals surface area (Å²) in [5.74, 6) is -0.169. The summed E-state index contributed by atoms with van der Waals surface area (Å²) >= 11 is 1.38. The molecule has 0 saturated heterocycles. The number of carbonyl (C=O) groups excluding carboxylic acids is 1. The van der Waals surface area contributed by atoms with E-state index < -0.39 is 5.91 Å². The summed E-state index contributed by atoms with van der Waals surface area (Å²) < 4.78 is 14.6. The van der Waals surface area contributed by atoms with E-state index in [1.807, 2.05) is 12.3 Å². The predicted octanol–water partition coefficient (Wildman–Crippen LogP) is 2.70. The third kappa shape index (κ3) is 2.94. The van der Waals surface area contributed by atoms with Crippen LogP contribution in [0.1, 0.15) is 19.2 Å². The van der Waals surface area contributed by atoms with Crippen molar-refractivity contribution in [1.82, 2.24) is 9.55 Å². The number of hydrogen-bond acceptors (Lipinski definition) is 4. The van der Waals surface area contributed by atoms with Crippen LogP contribution >= 0.6 is 11.3 Å². The second-order valence-corrected chi connectivity index (χ2v) is 6.25. The molecule has 2 N–H and O–H groups in total. The van der Waals surface area contributed by atoms with Crippen LogP contribution in [0, 0.1) is 5.82 Å². The third-order valence-corrected chi connectivity index (χ3v) is 4.70. The van der Waals surface area contributed by atoms with Gasteiger partial charge in [0.05, 0.1) is 5.39 Å². The maximum atomic E-state index is 13.1. The van der Waals surface area contributed by atoms with Gasteiger partial charge < -0.3 is 5.73 Å². The highest BCUT2D eigenvalue weighted by Gasteiger charge is 2.16. The van der Waals surface area contributed by atoms with E-state index in [1.165, 1.54) is 28.0 Å². The fourth-order valence-corrected chi connectivity index (χ4v) is 3.59. The smallest absolute Gasteiger partial charge is 0.262 e. The molecule has 1 amide bonds. The Kier molecular flexibility index (Phi) is 4.44. The molecular weight excluding hydrogens is 329 g/mol. The van der Waals surface area contributed by atoms with E-state index in [2.05, 4.69) is 4.98 Å². The number of nitrogens with zero attached hydrogens (tertiary/aromatic N) is 2. The summed E-state index contributed by atoms with van der Waals surface area (Å²) in [7, 11) is 0. The molecule has 0 aliphatic rings. The van der Waals surface area contributed by atoms with Gasteiger partial charge in [0.1, 0.15) is 16.5 Å². The Morgan fingerprint density at radius 2 is 2.04 bits per heavy atom. The van der Waals surface area contributed by atoms with Crippen molar-refractivity contribution in [2.75, 3.05) is 0 Å². The molecule has 5 nitrogen and oxygen atoms in total. The highest BCUT2D eigenvalue weighted by atomic mass is 32.1. The Morgan fingerprint density at radius 3 is 2.67 bits per heavy atom. The van der Waals surface area contributed by atoms with Gasteiger partial charge in [0.25, 0.3) is 5.56 Å². The molecule has 0 unspecified atom stereocenters. The van der Waals surface area contributed by atoms with Crippen LogP contribution < -0.4 is 11.3 Å². The lowest BCUT2D eigenvalue weighted by Gasteiger charge is -2.10. The van der Waals surface area contributed by atoms with Crippen LogP contribution in [0.25, 0.3) is 21.3 Å². The van der Waals surface area contributed by atoms with Gasteiger partial charge in [-0.05, 0) is 17.7 Å². The Hall–Kier alpha value is -2.54. The van der Waals surface area contributed by atoms with Crippen molar-refractivity contribution in [2.45, 2.75) is 26.3 Å². The zero-order valence-corrected chi connectivity index (χ0v) is 13.9. The SMILES string of the molecule is CCc1nc2scc(-c3ccc(F)cc3)c2c(=O)n1CCC(N)=O. The first kappa shape index (κ1) is 16.3. The molecule has 3 aromatic rings. The van der Waals surface area contributed by atoms with Gasteiger partial charge in [0.15, 0.2) is 0 Å². The van der Waals surface area contributed by atoms with Gasteiger partial charge in [0, 0.05) is 30.3 Å². The van der Waals surface area contributed by atoms with E-state index in [0.717, 1.165) is 11.1 Å². The number of thiophene rings is 1. The summed E-state index contributed by atoms with van der Waals surface area (Å²) in [6, 6.07) is 5.99. The van der Waals surface area contributed by atoms with Gasteiger partial charge in [-0.15, -0.1) is 11.3 Å². The van der Waals surface area contributed by atoms with Gasteiger partial charge in [0.2, 0.25) is 5.91 Å². The Balaban J connectivity index is 2.20. The molecule has 24 heavy (non-hydrogen) atoms. The third-order valence-electron chi connectivity index (χ3n) is 3.83. The molecule has 0 atom stereocenters. The summed E-state index contributed by atoms with van der Waals surface area (Å²) in [6.45, 7) is 2.11. The summed E-state index contributed by atoms with van der Waals surface area (Å²) in [6.07, 6.45) is 0.657. The molecule has 1 aromatic carbocycles. The monoisotopic (exact) mass is 345 g/mol. The molecule has 7 heteroatoms. The van der Waals surface area contributed by atoms with Crippen molar-refractivity contribution in [2.24, 2.45) is 5.73 Å². The largest absolute Gasteiger partial charge is 0.370 e. The van der Waals surface area contributed by atoms with E-state index in [4.69, 9.17) is 5.73 Å². The Labute approximate surface area is 141 Å². The number of carbonyl (C=O) groups is 1. The first-order valence-electron chi connectivity index (χ1n) is 7.56. The molecule has 0 bridgehead atoms. The molecular formula is C17H16FN3O2S. The van der Waals surface area contributed by atoms with E-state index in [-0.39, 0.29) is 24.3 Å². The molecule has 2 heterocycles. The van der Waals surface area contributed by atoms with Crippen LogP contribution in [0.15, 0.2) is 34.4 Å². The molecule has 0 fully saturated rings. The first-order chi connectivity index (χ1) is 11.5. The number of nitrogens with two attached hydrogens (primary N) is 1. The number of fused-ring (bicyclic) bond motifs is 1. The highest BCUT2D eigenvalue weighted by molar-refractivity contribution is 7.17. The lowest BCUT2D eigenvalue weighted by Crippen LogP contribution is -2.27. The lowest BCUT2D eigenvalue weighted by molar-refractivity contribution is -0.118. The van der Waals surface area contributed by atoms with Crippen molar-refractivity contribution in [3.63, 3.8) is 0 Å². The number of halogens is 1. The van der Waals surface area contributed by atoms with Crippen molar-refractivity contribution in [3.05, 3.63) is 51.6 Å². The first-order valence-corrected chi connectivity index (χ1v) is 8.44. The Bertz CT molecular complexity index is 960. The van der Waals surface area contributed by atoms with Crippen molar-refractivity contribution in [1.29, 1.82) is 0 Å². The van der Waals surface area contributed by atoms with Gasteiger partial charge in [-0.25, -0.2) is 9.37 Å². The minimum absolute atomic E-state index is 0.0795. The molecule has 0 aliphatic heterocycles. The number of aromatic nitrogens is 2. The number of rotatable bonds is 5. The molecule has 124 valence electrons. The second-order valence-electron chi connectivity index (χ2n) is 5.39. The van der Waals surface area contributed by atoms with E-state index in [9.17, 15) is 14.0 Å². The lowest BCUT2D eigenvalue weighted by atomic mass is 10.1. The van der Waals surface area contributed by atoms with Gasteiger partial charge in [-0.2, -0.15) is 0 Å². The van der Waals surface area contributed by atoms with Crippen LogP contribution in [0.5, 0.6) is 0 Å². The van der Waals surface area contributed by atoms with E-state index in [1.54, 1.807) is 12.1 Å². The van der Waals surface area contributed by atoms with Gasteiger partial charge in [-0.3, -0.25) is 14.2 Å². The highest BCUT2D eigenvalue weighted by Crippen LogP contribution is 2.31. The molecule has 3 rings (SSSR count). The average molecular weight is 345 g/mol. The number of primary amides is 1. The number of amides is 1. The van der Waals surface area contributed by atoms with E-state index >= 15 is 0 Å². The topological polar surface area (TPSA) is 78.0 Å². The fraction of sp³-hybridized carbons (Fsp3) is 0.235. The minimum Gasteiger partial charge on any atom is -0.370 e. The fourth-order valence-electron chi connectivity index (χ4n) is 2.63. The number of aryl methyl sites for hydroxylation is 1. The summed E-state index contributed by atoms with van der Waals surface area (Å²) in [5.41, 5.74) is 6.49. The normalized spacial score (nSPS) is 11.1. The van der Waals surface area contributed by atoms with Gasteiger partial charge >= 0.3 is 0 Å². The maximum Gasteiger partial charge on any atom is 0.262 e. The minimum atomic E-state index is -0.465. The van der Waals surface area contributed by atoms with Crippen LogP contribution in [0.3, 0.4) is 0 Å². The van der Waals surface area contributed by atoms with Crippen molar-refractivity contribution >= 4 is 27.5 Å². The zero-order valence-electron chi connectivity index (χ0n) is 13.1. The van der Waals surface area contributed by atoms with Crippen LogP contribution in [0.2, 0.25) is 0 Å². The molecule has 0 spiro atoms.